The highest BCUT2D eigenvalue weighted by molar-refractivity contribution is 6.33. The number of pyridine rings is 1. The Bertz CT molecular complexity index is 1060. The Hall–Kier alpha value is -2.74. The highest BCUT2D eigenvalue weighted by atomic mass is 35.5. The lowest BCUT2D eigenvalue weighted by atomic mass is 10.1. The summed E-state index contributed by atoms with van der Waals surface area (Å²) in [5.41, 5.74) is 4.29. The van der Waals surface area contributed by atoms with Gasteiger partial charge in [-0.25, -0.2) is 9.67 Å². The third-order valence-electron chi connectivity index (χ3n) is 5.26. The Labute approximate surface area is 187 Å². The highest BCUT2D eigenvalue weighted by Crippen LogP contribution is 2.18. The fraction of sp³-hybridized carbons (Fsp3) is 0.348. The predicted octanol–water partition coefficient (Wildman–Crippen LogP) is 3.30. The minimum Gasteiger partial charge on any atom is -0.379 e. The molecule has 0 aliphatic carbocycles. The van der Waals surface area contributed by atoms with Crippen LogP contribution in [-0.4, -0.2) is 51.9 Å². The number of ether oxygens (including phenoxy) is 1. The van der Waals surface area contributed by atoms with Crippen LogP contribution >= 0.6 is 11.6 Å². The molecule has 4 rings (SSSR count). The Morgan fingerprint density at radius 2 is 1.81 bits per heavy atom. The Kier molecular flexibility index (Phi) is 6.65. The molecule has 1 amide bonds. The normalized spacial score (nSPS) is 14.5. The molecule has 0 radical (unpaired) electrons. The molecule has 0 bridgehead atoms. The molecule has 8 heteroatoms. The van der Waals surface area contributed by atoms with Crippen LogP contribution in [0.5, 0.6) is 0 Å². The third-order valence-corrected chi connectivity index (χ3v) is 5.56. The minimum atomic E-state index is -0.314. The number of morpholine rings is 1. The van der Waals surface area contributed by atoms with Crippen LogP contribution in [0, 0.1) is 13.8 Å². The van der Waals surface area contributed by atoms with E-state index in [9.17, 15) is 4.79 Å². The lowest BCUT2D eigenvalue weighted by molar-refractivity contribution is 0.0342. The molecule has 1 aliphatic heterocycles. The van der Waals surface area contributed by atoms with Gasteiger partial charge < -0.3 is 10.1 Å². The van der Waals surface area contributed by atoms with E-state index in [1.165, 1.54) is 5.56 Å². The summed E-state index contributed by atoms with van der Waals surface area (Å²) in [6, 6.07) is 13.7. The van der Waals surface area contributed by atoms with E-state index in [-0.39, 0.29) is 11.6 Å². The zero-order valence-corrected chi connectivity index (χ0v) is 18.5. The molecule has 31 heavy (non-hydrogen) atoms. The predicted molar refractivity (Wildman–Crippen MR) is 120 cm³/mol. The summed E-state index contributed by atoms with van der Waals surface area (Å²) in [5, 5.41) is 7.65. The first kappa shape index (κ1) is 21.5. The van der Waals surface area contributed by atoms with Gasteiger partial charge in [-0.3, -0.25) is 9.69 Å². The molecular formula is C23H26ClN5O2. The van der Waals surface area contributed by atoms with Crippen LogP contribution in [0.2, 0.25) is 5.02 Å². The maximum atomic E-state index is 12.7. The Balaban J connectivity index is 1.39. The molecule has 0 atom stereocenters. The van der Waals surface area contributed by atoms with E-state index in [4.69, 9.17) is 16.3 Å². The number of nitrogens with one attached hydrogen (secondary N) is 1. The second-order valence-corrected chi connectivity index (χ2v) is 8.13. The summed E-state index contributed by atoms with van der Waals surface area (Å²) in [4.78, 5) is 19.6. The first-order chi connectivity index (χ1) is 15.0. The molecule has 3 heterocycles. The summed E-state index contributed by atoms with van der Waals surface area (Å²) < 4.78 is 7.10. The fourth-order valence-electron chi connectivity index (χ4n) is 3.62. The van der Waals surface area contributed by atoms with E-state index >= 15 is 0 Å². The summed E-state index contributed by atoms with van der Waals surface area (Å²) in [6.45, 7) is 8.68. The van der Waals surface area contributed by atoms with Crippen molar-refractivity contribution in [1.82, 2.24) is 25.0 Å². The zero-order chi connectivity index (χ0) is 21.8. The second kappa shape index (κ2) is 9.60. The van der Waals surface area contributed by atoms with Gasteiger partial charge >= 0.3 is 0 Å². The molecule has 3 aromatic rings. The molecule has 1 saturated heterocycles. The number of halogens is 1. The number of benzene rings is 1. The zero-order valence-electron chi connectivity index (χ0n) is 17.8. The number of hydrogen-bond donors (Lipinski definition) is 1. The van der Waals surface area contributed by atoms with Gasteiger partial charge in [0.1, 0.15) is 5.69 Å². The van der Waals surface area contributed by atoms with Crippen molar-refractivity contribution in [3.63, 3.8) is 0 Å². The van der Waals surface area contributed by atoms with Crippen molar-refractivity contribution in [1.29, 1.82) is 0 Å². The topological polar surface area (TPSA) is 72.3 Å². The number of carbonyl (C=O) groups excluding carboxylic acids is 1. The van der Waals surface area contributed by atoms with Gasteiger partial charge in [-0.05, 0) is 43.2 Å². The molecule has 2 aromatic heterocycles. The second-order valence-electron chi connectivity index (χ2n) is 7.73. The first-order valence-corrected chi connectivity index (χ1v) is 10.7. The summed E-state index contributed by atoms with van der Waals surface area (Å²) in [5.74, 6) is 0.249. The van der Waals surface area contributed by atoms with Gasteiger partial charge in [0.2, 0.25) is 0 Å². The van der Waals surface area contributed by atoms with E-state index in [0.29, 0.717) is 17.4 Å². The van der Waals surface area contributed by atoms with Crippen molar-refractivity contribution >= 4 is 17.5 Å². The van der Waals surface area contributed by atoms with E-state index < -0.39 is 0 Å². The SMILES string of the molecule is Cc1cc(C)n(-c2ccc(Cl)c(C(=O)NCc3ccc(CN4CCOCC4)cc3)n2)n1. The summed E-state index contributed by atoms with van der Waals surface area (Å²) in [7, 11) is 0. The van der Waals surface area contributed by atoms with Gasteiger partial charge in [-0.2, -0.15) is 5.10 Å². The lowest BCUT2D eigenvalue weighted by Crippen LogP contribution is -2.35. The van der Waals surface area contributed by atoms with Crippen molar-refractivity contribution in [2.24, 2.45) is 0 Å². The monoisotopic (exact) mass is 439 g/mol. The van der Waals surface area contributed by atoms with Crippen molar-refractivity contribution in [2.45, 2.75) is 26.9 Å². The lowest BCUT2D eigenvalue weighted by Gasteiger charge is -2.26. The summed E-state index contributed by atoms with van der Waals surface area (Å²) >= 11 is 6.25. The van der Waals surface area contributed by atoms with E-state index in [1.807, 2.05) is 32.0 Å². The molecule has 7 nitrogen and oxygen atoms in total. The van der Waals surface area contributed by atoms with Gasteiger partial charge in [0.15, 0.2) is 5.82 Å². The van der Waals surface area contributed by atoms with Crippen LogP contribution in [-0.2, 0) is 17.8 Å². The number of aromatic nitrogens is 3. The Morgan fingerprint density at radius 1 is 1.10 bits per heavy atom. The van der Waals surface area contributed by atoms with Crippen LogP contribution in [0.25, 0.3) is 5.82 Å². The van der Waals surface area contributed by atoms with Crippen LogP contribution < -0.4 is 5.32 Å². The van der Waals surface area contributed by atoms with Crippen LogP contribution in [0.15, 0.2) is 42.5 Å². The van der Waals surface area contributed by atoms with Crippen LogP contribution in [0.4, 0.5) is 0 Å². The molecule has 1 N–H and O–H groups in total. The maximum Gasteiger partial charge on any atom is 0.271 e. The average Bonchev–Trinajstić information content (AvgIpc) is 3.12. The fourth-order valence-corrected chi connectivity index (χ4v) is 3.81. The van der Waals surface area contributed by atoms with Crippen molar-refractivity contribution in [3.8, 4) is 5.82 Å². The smallest absolute Gasteiger partial charge is 0.271 e. The van der Waals surface area contributed by atoms with Crippen molar-refractivity contribution < 1.29 is 9.53 Å². The molecular weight excluding hydrogens is 414 g/mol. The molecule has 162 valence electrons. The molecule has 0 unspecified atom stereocenters. The third kappa shape index (κ3) is 5.31. The first-order valence-electron chi connectivity index (χ1n) is 10.4. The standard InChI is InChI=1S/C23H26ClN5O2/c1-16-13-17(2)29(27-16)21-8-7-20(24)22(26-21)23(30)25-14-18-3-5-19(6-4-18)15-28-9-11-31-12-10-28/h3-8,13H,9-12,14-15H2,1-2H3,(H,25,30). The quantitative estimate of drug-likeness (QED) is 0.638. The number of amides is 1. The van der Waals surface area contributed by atoms with E-state index in [0.717, 1.165) is 49.8 Å². The summed E-state index contributed by atoms with van der Waals surface area (Å²) in [6.07, 6.45) is 0. The average molecular weight is 440 g/mol. The van der Waals surface area contributed by atoms with Gasteiger partial charge in [0, 0.05) is 31.9 Å². The maximum absolute atomic E-state index is 12.7. The highest BCUT2D eigenvalue weighted by Gasteiger charge is 2.15. The largest absolute Gasteiger partial charge is 0.379 e. The van der Waals surface area contributed by atoms with Crippen molar-refractivity contribution in [3.05, 3.63) is 75.7 Å². The van der Waals surface area contributed by atoms with E-state index in [2.05, 4.69) is 32.4 Å². The number of aryl methyl sites for hydroxylation is 2. The van der Waals surface area contributed by atoms with Crippen molar-refractivity contribution in [2.75, 3.05) is 26.3 Å². The molecule has 1 aliphatic rings. The Morgan fingerprint density at radius 3 is 2.48 bits per heavy atom. The number of rotatable bonds is 6. The van der Waals surface area contributed by atoms with Gasteiger partial charge in [0.25, 0.3) is 5.91 Å². The van der Waals surface area contributed by atoms with Gasteiger partial charge in [-0.1, -0.05) is 35.9 Å². The number of hydrogen-bond acceptors (Lipinski definition) is 5. The van der Waals surface area contributed by atoms with Crippen LogP contribution in [0.1, 0.15) is 33.0 Å². The van der Waals surface area contributed by atoms with Gasteiger partial charge in [0.05, 0.1) is 23.9 Å². The van der Waals surface area contributed by atoms with Gasteiger partial charge in [-0.15, -0.1) is 0 Å². The number of nitrogens with zero attached hydrogens (tertiary/aromatic N) is 4. The van der Waals surface area contributed by atoms with E-state index in [1.54, 1.807) is 16.8 Å². The minimum absolute atomic E-state index is 0.190. The molecule has 0 spiro atoms. The molecule has 0 saturated carbocycles. The number of carbonyl (C=O) groups is 1. The van der Waals surface area contributed by atoms with Crippen LogP contribution in [0.3, 0.4) is 0 Å². The molecule has 1 fully saturated rings. The molecule has 1 aromatic carbocycles.